The number of hydrogen-bond donors (Lipinski definition) is 0. The smallest absolute Gasteiger partial charge is 0.0596 e. The standard InChI is InChI=1S/C7H10N2/c1-6-4-3-5-7(2)9-8-6/h3-4H,5H2,1-2H3. The zero-order chi connectivity index (χ0) is 6.69. The first kappa shape index (κ1) is 6.20. The molecule has 0 saturated carbocycles. The van der Waals surface area contributed by atoms with Crippen molar-refractivity contribution in [2.45, 2.75) is 20.3 Å². The minimum absolute atomic E-state index is 0.931. The summed E-state index contributed by atoms with van der Waals surface area (Å²) in [7, 11) is 0. The van der Waals surface area contributed by atoms with Crippen molar-refractivity contribution in [1.29, 1.82) is 0 Å². The highest BCUT2D eigenvalue weighted by Crippen LogP contribution is 1.96. The van der Waals surface area contributed by atoms with Crippen LogP contribution in [-0.2, 0) is 0 Å². The fraction of sp³-hybridized carbons (Fsp3) is 0.429. The van der Waals surface area contributed by atoms with Gasteiger partial charge in [0.2, 0.25) is 0 Å². The highest BCUT2D eigenvalue weighted by atomic mass is 15.2. The molecule has 0 aromatic carbocycles. The first-order valence-electron chi connectivity index (χ1n) is 3.03. The predicted molar refractivity (Wildman–Crippen MR) is 40.0 cm³/mol. The Balaban J connectivity index is 2.80. The fourth-order valence-corrected chi connectivity index (χ4v) is 0.638. The molecule has 0 spiro atoms. The van der Waals surface area contributed by atoms with E-state index in [4.69, 9.17) is 0 Å². The Morgan fingerprint density at radius 1 is 1.33 bits per heavy atom. The molecule has 0 radical (unpaired) electrons. The molecule has 0 unspecified atom stereocenters. The molecule has 1 aliphatic heterocycles. The molecular weight excluding hydrogens is 112 g/mol. The molecule has 1 heterocycles. The van der Waals surface area contributed by atoms with Gasteiger partial charge in [0.15, 0.2) is 0 Å². The van der Waals surface area contributed by atoms with Crippen LogP contribution >= 0.6 is 0 Å². The first-order valence-corrected chi connectivity index (χ1v) is 3.03. The van der Waals surface area contributed by atoms with Gasteiger partial charge in [0, 0.05) is 12.1 Å². The molecule has 0 amide bonds. The van der Waals surface area contributed by atoms with Crippen LogP contribution in [0.1, 0.15) is 20.3 Å². The molecule has 2 heteroatoms. The maximum absolute atomic E-state index is 3.95. The molecule has 0 N–H and O–H groups in total. The third-order valence-electron chi connectivity index (χ3n) is 1.15. The second kappa shape index (κ2) is 2.58. The van der Waals surface area contributed by atoms with Crippen LogP contribution in [0.3, 0.4) is 0 Å². The molecule has 2 nitrogen and oxygen atoms in total. The predicted octanol–water partition coefficient (Wildman–Crippen LogP) is 1.78. The van der Waals surface area contributed by atoms with Gasteiger partial charge in [0.05, 0.1) is 5.71 Å². The Morgan fingerprint density at radius 2 is 2.11 bits per heavy atom. The molecule has 9 heavy (non-hydrogen) atoms. The summed E-state index contributed by atoms with van der Waals surface area (Å²) in [6, 6.07) is 0. The lowest BCUT2D eigenvalue weighted by Gasteiger charge is -1.84. The Bertz CT molecular complexity index is 187. The Kier molecular flexibility index (Phi) is 1.78. The Hall–Kier alpha value is -0.920. The SMILES string of the molecule is CC1=NN=C(C)CC=C1. The lowest BCUT2D eigenvalue weighted by Crippen LogP contribution is -1.83. The lowest BCUT2D eigenvalue weighted by atomic mass is 10.2. The highest BCUT2D eigenvalue weighted by molar-refractivity contribution is 5.95. The van der Waals surface area contributed by atoms with Gasteiger partial charge in [0.1, 0.15) is 0 Å². The molecule has 0 saturated heterocycles. The van der Waals surface area contributed by atoms with Crippen molar-refractivity contribution < 1.29 is 0 Å². The summed E-state index contributed by atoms with van der Waals surface area (Å²) in [6.07, 6.45) is 4.99. The van der Waals surface area contributed by atoms with Crippen molar-refractivity contribution in [3.63, 3.8) is 0 Å². The molecule has 0 aromatic rings. The molecule has 1 aliphatic rings. The van der Waals surface area contributed by atoms with Crippen LogP contribution in [0.25, 0.3) is 0 Å². The van der Waals surface area contributed by atoms with E-state index in [9.17, 15) is 0 Å². The fourth-order valence-electron chi connectivity index (χ4n) is 0.638. The van der Waals surface area contributed by atoms with E-state index in [2.05, 4.69) is 16.3 Å². The van der Waals surface area contributed by atoms with Crippen molar-refractivity contribution in [2.75, 3.05) is 0 Å². The summed E-state index contributed by atoms with van der Waals surface area (Å²) >= 11 is 0. The number of nitrogens with zero attached hydrogens (tertiary/aromatic N) is 2. The highest BCUT2D eigenvalue weighted by Gasteiger charge is 1.91. The lowest BCUT2D eigenvalue weighted by molar-refractivity contribution is 1.21. The van der Waals surface area contributed by atoms with E-state index >= 15 is 0 Å². The van der Waals surface area contributed by atoms with Gasteiger partial charge in [-0.25, -0.2) is 0 Å². The van der Waals surface area contributed by atoms with Gasteiger partial charge in [-0.2, -0.15) is 10.2 Å². The van der Waals surface area contributed by atoms with Crippen LogP contribution in [0.4, 0.5) is 0 Å². The van der Waals surface area contributed by atoms with Crippen LogP contribution in [-0.4, -0.2) is 11.4 Å². The van der Waals surface area contributed by atoms with E-state index in [1.807, 2.05) is 19.9 Å². The minimum atomic E-state index is 0.931. The van der Waals surface area contributed by atoms with Crippen molar-refractivity contribution in [3.05, 3.63) is 12.2 Å². The van der Waals surface area contributed by atoms with Gasteiger partial charge in [-0.05, 0) is 19.9 Å². The zero-order valence-electron chi connectivity index (χ0n) is 5.76. The van der Waals surface area contributed by atoms with Crippen molar-refractivity contribution in [1.82, 2.24) is 0 Å². The quantitative estimate of drug-likeness (QED) is 0.468. The van der Waals surface area contributed by atoms with Gasteiger partial charge >= 0.3 is 0 Å². The second-order valence-corrected chi connectivity index (χ2v) is 2.18. The molecule has 0 bridgehead atoms. The monoisotopic (exact) mass is 122 g/mol. The molecule has 48 valence electrons. The minimum Gasteiger partial charge on any atom is -0.160 e. The summed E-state index contributed by atoms with van der Waals surface area (Å²) in [4.78, 5) is 0. The topological polar surface area (TPSA) is 24.7 Å². The summed E-state index contributed by atoms with van der Waals surface area (Å²) in [5.74, 6) is 0. The van der Waals surface area contributed by atoms with E-state index in [1.165, 1.54) is 0 Å². The van der Waals surface area contributed by atoms with E-state index in [-0.39, 0.29) is 0 Å². The van der Waals surface area contributed by atoms with Crippen molar-refractivity contribution >= 4 is 11.4 Å². The van der Waals surface area contributed by atoms with E-state index in [1.54, 1.807) is 0 Å². The molecular formula is C7H10N2. The molecule has 1 rings (SSSR count). The van der Waals surface area contributed by atoms with Gasteiger partial charge < -0.3 is 0 Å². The number of hydrogen-bond acceptors (Lipinski definition) is 2. The van der Waals surface area contributed by atoms with Crippen molar-refractivity contribution in [3.8, 4) is 0 Å². The maximum atomic E-state index is 3.95. The summed E-state index contributed by atoms with van der Waals surface area (Å²) in [6.45, 7) is 3.92. The second-order valence-electron chi connectivity index (χ2n) is 2.18. The molecule has 0 aromatic heterocycles. The van der Waals surface area contributed by atoms with E-state index in [0.29, 0.717) is 0 Å². The molecule has 0 atom stereocenters. The van der Waals surface area contributed by atoms with Crippen molar-refractivity contribution in [2.24, 2.45) is 10.2 Å². The van der Waals surface area contributed by atoms with Gasteiger partial charge in [-0.3, -0.25) is 0 Å². The first-order chi connectivity index (χ1) is 4.29. The van der Waals surface area contributed by atoms with E-state index in [0.717, 1.165) is 17.8 Å². The average Bonchev–Trinajstić information content (AvgIpc) is 1.97. The van der Waals surface area contributed by atoms with Gasteiger partial charge in [-0.1, -0.05) is 6.08 Å². The molecule has 0 fully saturated rings. The van der Waals surface area contributed by atoms with Crippen LogP contribution in [0, 0.1) is 0 Å². The van der Waals surface area contributed by atoms with Crippen LogP contribution in [0.15, 0.2) is 22.4 Å². The zero-order valence-corrected chi connectivity index (χ0v) is 5.76. The summed E-state index contributed by atoms with van der Waals surface area (Å²) in [5.41, 5.74) is 2.05. The summed E-state index contributed by atoms with van der Waals surface area (Å²) in [5, 5.41) is 7.87. The number of allylic oxidation sites excluding steroid dienone is 2. The van der Waals surface area contributed by atoms with Gasteiger partial charge in [-0.15, -0.1) is 0 Å². The van der Waals surface area contributed by atoms with Crippen LogP contribution in [0.2, 0.25) is 0 Å². The van der Waals surface area contributed by atoms with Crippen LogP contribution < -0.4 is 0 Å². The average molecular weight is 122 g/mol. The van der Waals surface area contributed by atoms with E-state index < -0.39 is 0 Å². The normalized spacial score (nSPS) is 18.4. The maximum Gasteiger partial charge on any atom is 0.0596 e. The summed E-state index contributed by atoms with van der Waals surface area (Å²) < 4.78 is 0. The third kappa shape index (κ3) is 1.80. The van der Waals surface area contributed by atoms with Crippen LogP contribution in [0.5, 0.6) is 0 Å². The Labute approximate surface area is 55.0 Å². The molecule has 0 aliphatic carbocycles. The third-order valence-corrected chi connectivity index (χ3v) is 1.15. The number of rotatable bonds is 0. The Morgan fingerprint density at radius 3 is 2.89 bits per heavy atom. The van der Waals surface area contributed by atoms with Gasteiger partial charge in [0.25, 0.3) is 0 Å². The largest absolute Gasteiger partial charge is 0.160 e.